The summed E-state index contributed by atoms with van der Waals surface area (Å²) in [6.45, 7) is 0.0541. The van der Waals surface area contributed by atoms with E-state index in [1.807, 2.05) is 24.3 Å². The molecular formula is C17H15N5O2. The minimum atomic E-state index is -0.509. The molecule has 0 radical (unpaired) electrons. The second-order valence-electron chi connectivity index (χ2n) is 5.08. The van der Waals surface area contributed by atoms with Gasteiger partial charge in [0, 0.05) is 16.6 Å². The Morgan fingerprint density at radius 3 is 2.50 bits per heavy atom. The number of primary amides is 1. The van der Waals surface area contributed by atoms with Gasteiger partial charge in [0.05, 0.1) is 12.1 Å². The van der Waals surface area contributed by atoms with E-state index in [-0.39, 0.29) is 12.5 Å². The van der Waals surface area contributed by atoms with Crippen LogP contribution in [0.25, 0.3) is 10.9 Å². The maximum Gasteiger partial charge on any atom is 0.248 e. The molecule has 0 atom stereocenters. The summed E-state index contributed by atoms with van der Waals surface area (Å²) in [5.74, 6) is -0.144. The molecule has 1 aromatic heterocycles. The van der Waals surface area contributed by atoms with Crippen molar-refractivity contribution in [3.8, 4) is 0 Å². The molecular weight excluding hydrogens is 306 g/mol. The van der Waals surface area contributed by atoms with Crippen LogP contribution in [0.4, 0.5) is 11.5 Å². The Morgan fingerprint density at radius 2 is 1.75 bits per heavy atom. The van der Waals surface area contributed by atoms with Crippen LogP contribution in [0.3, 0.4) is 0 Å². The van der Waals surface area contributed by atoms with E-state index in [2.05, 4.69) is 20.6 Å². The van der Waals surface area contributed by atoms with Crippen molar-refractivity contribution in [2.24, 2.45) is 5.73 Å². The second kappa shape index (κ2) is 6.74. The van der Waals surface area contributed by atoms with Crippen LogP contribution in [0.15, 0.2) is 54.9 Å². The van der Waals surface area contributed by atoms with E-state index in [9.17, 15) is 9.59 Å². The number of aromatic nitrogens is 2. The zero-order valence-electron chi connectivity index (χ0n) is 12.7. The first-order valence-electron chi connectivity index (χ1n) is 7.27. The van der Waals surface area contributed by atoms with Gasteiger partial charge in [0.25, 0.3) is 0 Å². The molecule has 0 unspecified atom stereocenters. The molecule has 0 spiro atoms. The van der Waals surface area contributed by atoms with E-state index in [0.29, 0.717) is 17.1 Å². The SMILES string of the molecule is NC(=O)c1ccc(NC(=O)CNc2ncnc3ccccc23)cc1. The summed E-state index contributed by atoms with van der Waals surface area (Å²) in [4.78, 5) is 31.4. The standard InChI is InChI=1S/C17H15N5O2/c18-16(24)11-5-7-12(8-6-11)22-15(23)9-19-17-13-3-1-2-4-14(13)20-10-21-17/h1-8,10H,9H2,(H2,18,24)(H,22,23)(H,19,20,21). The number of carbonyl (C=O) groups is 2. The van der Waals surface area contributed by atoms with Crippen molar-refractivity contribution in [3.63, 3.8) is 0 Å². The Kier molecular flexibility index (Phi) is 4.33. The van der Waals surface area contributed by atoms with E-state index in [1.165, 1.54) is 6.33 Å². The summed E-state index contributed by atoms with van der Waals surface area (Å²) in [6.07, 6.45) is 1.45. The Labute approximate surface area is 137 Å². The molecule has 0 aliphatic rings. The van der Waals surface area contributed by atoms with Gasteiger partial charge in [0.2, 0.25) is 11.8 Å². The fourth-order valence-electron chi connectivity index (χ4n) is 2.23. The third-order valence-electron chi connectivity index (χ3n) is 3.41. The number of rotatable bonds is 5. The topological polar surface area (TPSA) is 110 Å². The summed E-state index contributed by atoms with van der Waals surface area (Å²) in [7, 11) is 0. The Morgan fingerprint density at radius 1 is 1.00 bits per heavy atom. The lowest BCUT2D eigenvalue weighted by molar-refractivity contribution is -0.114. The number of nitrogens with two attached hydrogens (primary N) is 1. The van der Waals surface area contributed by atoms with E-state index in [1.54, 1.807) is 24.3 Å². The van der Waals surface area contributed by atoms with Crippen LogP contribution in [0, 0.1) is 0 Å². The third kappa shape index (κ3) is 3.46. The van der Waals surface area contributed by atoms with Gasteiger partial charge in [0.15, 0.2) is 0 Å². The lowest BCUT2D eigenvalue weighted by Gasteiger charge is -2.09. The molecule has 7 nitrogen and oxygen atoms in total. The van der Waals surface area contributed by atoms with Gasteiger partial charge in [0.1, 0.15) is 12.1 Å². The van der Waals surface area contributed by atoms with E-state index < -0.39 is 5.91 Å². The quantitative estimate of drug-likeness (QED) is 0.663. The predicted octanol–water partition coefficient (Wildman–Crippen LogP) is 1.78. The van der Waals surface area contributed by atoms with Crippen LogP contribution in [0.5, 0.6) is 0 Å². The summed E-state index contributed by atoms with van der Waals surface area (Å²) in [5, 5.41) is 6.58. The molecule has 0 aliphatic carbocycles. The van der Waals surface area contributed by atoms with Crippen LogP contribution >= 0.6 is 0 Å². The largest absolute Gasteiger partial charge is 0.366 e. The second-order valence-corrected chi connectivity index (χ2v) is 5.08. The number of para-hydroxylation sites is 1. The molecule has 0 saturated carbocycles. The molecule has 7 heteroatoms. The number of nitrogens with one attached hydrogen (secondary N) is 2. The van der Waals surface area contributed by atoms with Crippen LogP contribution in [0.1, 0.15) is 10.4 Å². The Hall–Kier alpha value is -3.48. The van der Waals surface area contributed by atoms with Gasteiger partial charge in [-0.05, 0) is 36.4 Å². The van der Waals surface area contributed by atoms with E-state index in [0.717, 1.165) is 10.9 Å². The molecule has 1 heterocycles. The molecule has 0 aliphatic heterocycles. The molecule has 3 rings (SSSR count). The maximum atomic E-state index is 12.0. The molecule has 4 N–H and O–H groups in total. The molecule has 24 heavy (non-hydrogen) atoms. The van der Waals surface area contributed by atoms with Gasteiger partial charge in [-0.1, -0.05) is 12.1 Å². The van der Waals surface area contributed by atoms with E-state index >= 15 is 0 Å². The van der Waals surface area contributed by atoms with Crippen molar-refractivity contribution in [3.05, 3.63) is 60.4 Å². The molecule has 0 fully saturated rings. The van der Waals surface area contributed by atoms with Crippen LogP contribution < -0.4 is 16.4 Å². The van der Waals surface area contributed by atoms with Gasteiger partial charge in [-0.3, -0.25) is 9.59 Å². The lowest BCUT2D eigenvalue weighted by atomic mass is 10.2. The van der Waals surface area contributed by atoms with Crippen molar-refractivity contribution in [1.82, 2.24) is 9.97 Å². The van der Waals surface area contributed by atoms with Gasteiger partial charge < -0.3 is 16.4 Å². The minimum absolute atomic E-state index is 0.0541. The van der Waals surface area contributed by atoms with Crippen molar-refractivity contribution in [2.75, 3.05) is 17.2 Å². The molecule has 2 aromatic carbocycles. The third-order valence-corrected chi connectivity index (χ3v) is 3.41. The first-order valence-corrected chi connectivity index (χ1v) is 7.27. The number of nitrogens with zero attached hydrogens (tertiary/aromatic N) is 2. The van der Waals surface area contributed by atoms with E-state index in [4.69, 9.17) is 5.73 Å². The number of hydrogen-bond donors (Lipinski definition) is 3. The maximum absolute atomic E-state index is 12.0. The van der Waals surface area contributed by atoms with Crippen LogP contribution in [0.2, 0.25) is 0 Å². The monoisotopic (exact) mass is 321 g/mol. The smallest absolute Gasteiger partial charge is 0.248 e. The first-order chi connectivity index (χ1) is 11.6. The fraction of sp³-hybridized carbons (Fsp3) is 0.0588. The normalized spacial score (nSPS) is 10.3. The number of benzene rings is 2. The first kappa shape index (κ1) is 15.4. The van der Waals surface area contributed by atoms with Crippen molar-refractivity contribution < 1.29 is 9.59 Å². The Bertz CT molecular complexity index is 888. The van der Waals surface area contributed by atoms with Gasteiger partial charge in [-0.25, -0.2) is 9.97 Å². The van der Waals surface area contributed by atoms with Crippen LogP contribution in [-0.4, -0.2) is 28.3 Å². The average Bonchev–Trinajstić information content (AvgIpc) is 2.60. The van der Waals surface area contributed by atoms with Crippen molar-refractivity contribution in [2.45, 2.75) is 0 Å². The fourth-order valence-corrected chi connectivity index (χ4v) is 2.23. The lowest BCUT2D eigenvalue weighted by Crippen LogP contribution is -2.22. The summed E-state index contributed by atoms with van der Waals surface area (Å²) >= 11 is 0. The summed E-state index contributed by atoms with van der Waals surface area (Å²) in [6, 6.07) is 13.9. The van der Waals surface area contributed by atoms with Gasteiger partial charge >= 0.3 is 0 Å². The number of amides is 2. The highest BCUT2D eigenvalue weighted by Gasteiger charge is 2.07. The Balaban J connectivity index is 1.64. The molecule has 0 bridgehead atoms. The molecule has 3 aromatic rings. The highest BCUT2D eigenvalue weighted by Crippen LogP contribution is 2.18. The summed E-state index contributed by atoms with van der Waals surface area (Å²) in [5.41, 5.74) is 6.95. The average molecular weight is 321 g/mol. The zero-order valence-corrected chi connectivity index (χ0v) is 12.7. The highest BCUT2D eigenvalue weighted by molar-refractivity contribution is 5.97. The number of anilines is 2. The molecule has 120 valence electrons. The highest BCUT2D eigenvalue weighted by atomic mass is 16.2. The van der Waals surface area contributed by atoms with Crippen molar-refractivity contribution in [1.29, 1.82) is 0 Å². The zero-order chi connectivity index (χ0) is 16.9. The summed E-state index contributed by atoms with van der Waals surface area (Å²) < 4.78 is 0. The number of hydrogen-bond acceptors (Lipinski definition) is 5. The molecule has 0 saturated heterocycles. The van der Waals surface area contributed by atoms with Gasteiger partial charge in [-0.15, -0.1) is 0 Å². The van der Waals surface area contributed by atoms with Crippen molar-refractivity contribution >= 4 is 34.2 Å². The molecule has 2 amide bonds. The van der Waals surface area contributed by atoms with Crippen LogP contribution in [-0.2, 0) is 4.79 Å². The number of carbonyl (C=O) groups excluding carboxylic acids is 2. The predicted molar refractivity (Wildman–Crippen MR) is 91.6 cm³/mol. The van der Waals surface area contributed by atoms with Gasteiger partial charge in [-0.2, -0.15) is 0 Å². The minimum Gasteiger partial charge on any atom is -0.366 e. The number of fused-ring (bicyclic) bond motifs is 1.